The molecule has 29 heavy (non-hydrogen) atoms. The number of hydrogen-bond donors (Lipinski definition) is 1. The number of imidazole rings is 1. The van der Waals surface area contributed by atoms with Gasteiger partial charge in [-0.25, -0.2) is 4.98 Å². The van der Waals surface area contributed by atoms with Gasteiger partial charge in [0.05, 0.1) is 17.1 Å². The lowest BCUT2D eigenvalue weighted by Gasteiger charge is -2.24. The quantitative estimate of drug-likeness (QED) is 0.612. The summed E-state index contributed by atoms with van der Waals surface area (Å²) in [6.07, 6.45) is 1.87. The maximum Gasteiger partial charge on any atom is 0.261 e. The van der Waals surface area contributed by atoms with Crippen molar-refractivity contribution in [1.82, 2.24) is 14.9 Å². The van der Waals surface area contributed by atoms with Gasteiger partial charge in [0.2, 0.25) is 0 Å². The number of aryl methyl sites for hydroxylation is 1. The summed E-state index contributed by atoms with van der Waals surface area (Å²) in [5.41, 5.74) is 3.89. The molecule has 0 radical (unpaired) electrons. The molecule has 2 aromatic carbocycles. The van der Waals surface area contributed by atoms with Gasteiger partial charge in [0, 0.05) is 11.6 Å². The molecule has 3 aromatic rings. The summed E-state index contributed by atoms with van der Waals surface area (Å²) in [7, 11) is 0. The molecule has 1 aliphatic heterocycles. The molecule has 4 rings (SSSR count). The van der Waals surface area contributed by atoms with Gasteiger partial charge in [0.25, 0.3) is 5.91 Å². The number of carbonyl (C=O) groups excluding carboxylic acids is 1. The number of ether oxygens (including phenoxy) is 1. The Morgan fingerprint density at radius 3 is 2.90 bits per heavy atom. The van der Waals surface area contributed by atoms with Crippen LogP contribution in [0.2, 0.25) is 5.02 Å². The van der Waals surface area contributed by atoms with Crippen LogP contribution in [0, 0.1) is 6.92 Å². The fourth-order valence-electron chi connectivity index (χ4n) is 3.95. The first kappa shape index (κ1) is 19.8. The number of nitrogens with one attached hydrogen (secondary N) is 1. The predicted molar refractivity (Wildman–Crippen MR) is 116 cm³/mol. The zero-order chi connectivity index (χ0) is 20.5. The maximum absolute atomic E-state index is 13.0. The Morgan fingerprint density at radius 2 is 2.14 bits per heavy atom. The smallest absolute Gasteiger partial charge is 0.261 e. The van der Waals surface area contributed by atoms with Gasteiger partial charge in [-0.3, -0.25) is 4.79 Å². The van der Waals surface area contributed by atoms with Gasteiger partial charge in [-0.05, 0) is 61.1 Å². The van der Waals surface area contributed by atoms with Gasteiger partial charge in [-0.2, -0.15) is 0 Å². The molecule has 1 N–H and O–H groups in total. The van der Waals surface area contributed by atoms with Crippen molar-refractivity contribution in [3.63, 3.8) is 0 Å². The highest BCUT2D eigenvalue weighted by molar-refractivity contribution is 6.31. The van der Waals surface area contributed by atoms with E-state index in [0.717, 1.165) is 58.1 Å². The molecule has 152 valence electrons. The van der Waals surface area contributed by atoms with Crippen molar-refractivity contribution < 1.29 is 9.53 Å². The Labute approximate surface area is 176 Å². The summed E-state index contributed by atoms with van der Waals surface area (Å²) >= 11 is 6.28. The number of carbonyl (C=O) groups is 1. The third-order valence-corrected chi connectivity index (χ3v) is 5.97. The van der Waals surface area contributed by atoms with Gasteiger partial charge in [0.1, 0.15) is 11.6 Å². The highest BCUT2D eigenvalue weighted by atomic mass is 35.5. The molecule has 0 unspecified atom stereocenters. The number of benzene rings is 2. The van der Waals surface area contributed by atoms with Crippen molar-refractivity contribution in [3.8, 4) is 5.75 Å². The Bertz CT molecular complexity index is 1010. The Kier molecular flexibility index (Phi) is 5.50. The van der Waals surface area contributed by atoms with Crippen LogP contribution in [0.4, 0.5) is 0 Å². The van der Waals surface area contributed by atoms with E-state index in [9.17, 15) is 4.79 Å². The second-order valence-corrected chi connectivity index (χ2v) is 8.37. The predicted octanol–water partition coefficient (Wildman–Crippen LogP) is 5.39. The van der Waals surface area contributed by atoms with E-state index in [1.165, 1.54) is 0 Å². The molecule has 0 spiro atoms. The topological polar surface area (TPSA) is 58.2 Å². The molecular weight excluding hydrogens is 386 g/mol. The normalized spacial score (nSPS) is 16.7. The van der Waals surface area contributed by atoms with Crippen molar-refractivity contribution in [3.05, 3.63) is 58.4 Å². The van der Waals surface area contributed by atoms with E-state index in [2.05, 4.69) is 18.8 Å². The van der Waals surface area contributed by atoms with E-state index in [1.807, 2.05) is 48.2 Å². The zero-order valence-corrected chi connectivity index (χ0v) is 17.8. The fourth-order valence-corrected chi connectivity index (χ4v) is 4.12. The largest absolute Gasteiger partial charge is 0.483 e. The summed E-state index contributed by atoms with van der Waals surface area (Å²) in [4.78, 5) is 22.9. The van der Waals surface area contributed by atoms with Gasteiger partial charge in [0.15, 0.2) is 6.61 Å². The average molecular weight is 412 g/mol. The highest BCUT2D eigenvalue weighted by Gasteiger charge is 2.32. The molecule has 1 atom stereocenters. The summed E-state index contributed by atoms with van der Waals surface area (Å²) in [6.45, 7) is 6.86. The molecule has 5 nitrogen and oxygen atoms in total. The number of likely N-dealkylation sites (tertiary alicyclic amines) is 1. The minimum Gasteiger partial charge on any atom is -0.483 e. The van der Waals surface area contributed by atoms with E-state index >= 15 is 0 Å². The number of hydrogen-bond acceptors (Lipinski definition) is 3. The summed E-state index contributed by atoms with van der Waals surface area (Å²) in [6, 6.07) is 11.8. The second kappa shape index (κ2) is 8.07. The average Bonchev–Trinajstić information content (AvgIpc) is 3.34. The van der Waals surface area contributed by atoms with E-state index in [1.54, 1.807) is 0 Å². The first-order valence-corrected chi connectivity index (χ1v) is 10.5. The van der Waals surface area contributed by atoms with Crippen LogP contribution in [0.25, 0.3) is 11.0 Å². The lowest BCUT2D eigenvalue weighted by molar-refractivity contribution is -0.134. The Balaban J connectivity index is 1.50. The highest BCUT2D eigenvalue weighted by Crippen LogP contribution is 2.34. The van der Waals surface area contributed by atoms with Crippen LogP contribution in [0.1, 0.15) is 55.6 Å². The standard InChI is InChI=1S/C23H26ClN3O2/c1-14(2)16-12-17(24)15(3)11-21(16)29-13-22(28)27-10-6-9-20(27)23-25-18-7-4-5-8-19(18)26-23/h4-5,7-8,11-12,14,20H,6,9-10,13H2,1-3H3,(H,25,26)/t20-/m1/s1. The molecule has 1 aromatic heterocycles. The van der Waals surface area contributed by atoms with Crippen LogP contribution in [0.3, 0.4) is 0 Å². The Morgan fingerprint density at radius 1 is 1.34 bits per heavy atom. The molecule has 2 heterocycles. The molecule has 6 heteroatoms. The van der Waals surface area contributed by atoms with Crippen molar-refractivity contribution in [2.45, 2.75) is 45.6 Å². The number of para-hydroxylation sites is 2. The number of rotatable bonds is 5. The van der Waals surface area contributed by atoms with Gasteiger partial charge >= 0.3 is 0 Å². The number of fused-ring (bicyclic) bond motifs is 1. The van der Waals surface area contributed by atoms with E-state index in [-0.39, 0.29) is 24.5 Å². The molecular formula is C23H26ClN3O2. The number of aromatic amines is 1. The third kappa shape index (κ3) is 3.97. The zero-order valence-electron chi connectivity index (χ0n) is 17.0. The molecule has 0 saturated carbocycles. The monoisotopic (exact) mass is 411 g/mol. The molecule has 0 aliphatic carbocycles. The number of aromatic nitrogens is 2. The summed E-state index contributed by atoms with van der Waals surface area (Å²) in [5, 5.41) is 0.719. The van der Waals surface area contributed by atoms with Gasteiger partial charge in [-0.1, -0.05) is 37.6 Å². The van der Waals surface area contributed by atoms with E-state index in [4.69, 9.17) is 21.3 Å². The first-order valence-electron chi connectivity index (χ1n) is 10.1. The SMILES string of the molecule is Cc1cc(OCC(=O)N2CCC[C@@H]2c2nc3ccccc3[nH]2)c(C(C)C)cc1Cl. The lowest BCUT2D eigenvalue weighted by atomic mass is 10.0. The van der Waals surface area contributed by atoms with Crippen LogP contribution < -0.4 is 4.74 Å². The maximum atomic E-state index is 13.0. The van der Waals surface area contributed by atoms with Crippen LogP contribution in [0.5, 0.6) is 5.75 Å². The number of H-pyrrole nitrogens is 1. The summed E-state index contributed by atoms with van der Waals surface area (Å²) < 4.78 is 5.97. The lowest BCUT2D eigenvalue weighted by Crippen LogP contribution is -2.35. The van der Waals surface area contributed by atoms with Crippen molar-refractivity contribution in [2.75, 3.05) is 13.2 Å². The van der Waals surface area contributed by atoms with E-state index in [0.29, 0.717) is 0 Å². The van der Waals surface area contributed by atoms with Crippen LogP contribution in [0.15, 0.2) is 36.4 Å². The van der Waals surface area contributed by atoms with Gasteiger partial charge in [-0.15, -0.1) is 0 Å². The number of nitrogens with zero attached hydrogens (tertiary/aromatic N) is 2. The Hall–Kier alpha value is -2.53. The molecule has 1 saturated heterocycles. The first-order chi connectivity index (χ1) is 13.9. The van der Waals surface area contributed by atoms with Crippen molar-refractivity contribution >= 4 is 28.5 Å². The van der Waals surface area contributed by atoms with Crippen LogP contribution in [-0.2, 0) is 4.79 Å². The van der Waals surface area contributed by atoms with Crippen molar-refractivity contribution in [1.29, 1.82) is 0 Å². The number of amides is 1. The van der Waals surface area contributed by atoms with Crippen LogP contribution in [-0.4, -0.2) is 33.9 Å². The minimum absolute atomic E-state index is 0.0114. The second-order valence-electron chi connectivity index (χ2n) is 7.97. The van der Waals surface area contributed by atoms with Crippen molar-refractivity contribution in [2.24, 2.45) is 0 Å². The molecule has 1 aliphatic rings. The minimum atomic E-state index is -0.0324. The molecule has 0 bridgehead atoms. The third-order valence-electron chi connectivity index (χ3n) is 5.56. The molecule has 1 fully saturated rings. The van der Waals surface area contributed by atoms with Crippen LogP contribution >= 0.6 is 11.6 Å². The van der Waals surface area contributed by atoms with E-state index < -0.39 is 0 Å². The fraction of sp³-hybridized carbons (Fsp3) is 0.391. The summed E-state index contributed by atoms with van der Waals surface area (Å²) in [5.74, 6) is 1.82. The molecule has 1 amide bonds. The van der Waals surface area contributed by atoms with Gasteiger partial charge < -0.3 is 14.6 Å². The number of halogens is 1.